The van der Waals surface area contributed by atoms with Gasteiger partial charge in [-0.05, 0) is 24.5 Å². The van der Waals surface area contributed by atoms with Crippen LogP contribution in [0.25, 0.3) is 0 Å². The Bertz CT molecular complexity index is 266. The van der Waals surface area contributed by atoms with Crippen LogP contribution in [0.4, 0.5) is 0 Å². The van der Waals surface area contributed by atoms with E-state index in [1.165, 1.54) is 37.9 Å². The lowest BCUT2D eigenvalue weighted by Crippen LogP contribution is -2.28. The predicted molar refractivity (Wildman–Crippen MR) is 75.8 cm³/mol. The van der Waals surface area contributed by atoms with Crippen molar-refractivity contribution >= 4 is 0 Å². The Morgan fingerprint density at radius 3 is 2.59 bits per heavy atom. The molecule has 0 N–H and O–H groups in total. The van der Waals surface area contributed by atoms with E-state index in [0.717, 1.165) is 12.5 Å². The Morgan fingerprint density at radius 2 is 2.12 bits per heavy atom. The molecule has 0 aromatic heterocycles. The van der Waals surface area contributed by atoms with E-state index >= 15 is 0 Å². The molecule has 0 saturated carbocycles. The van der Waals surface area contributed by atoms with Gasteiger partial charge in [0.05, 0.1) is 0 Å². The van der Waals surface area contributed by atoms with Gasteiger partial charge < -0.3 is 9.80 Å². The number of hydrogen-bond donors (Lipinski definition) is 0. The van der Waals surface area contributed by atoms with Gasteiger partial charge in [-0.2, -0.15) is 0 Å². The zero-order chi connectivity index (χ0) is 12.7. The van der Waals surface area contributed by atoms with Crippen LogP contribution in [0.5, 0.6) is 0 Å². The number of allylic oxidation sites excluding steroid dienone is 1. The minimum absolute atomic E-state index is 0.855. The lowest BCUT2D eigenvalue weighted by atomic mass is 9.98. The maximum atomic E-state index is 2.44. The van der Waals surface area contributed by atoms with E-state index in [1.807, 2.05) is 0 Å². The van der Waals surface area contributed by atoms with E-state index in [2.05, 4.69) is 56.1 Å². The van der Waals surface area contributed by atoms with Crippen molar-refractivity contribution in [2.24, 2.45) is 5.92 Å². The van der Waals surface area contributed by atoms with E-state index in [4.69, 9.17) is 0 Å². The highest BCUT2D eigenvalue weighted by molar-refractivity contribution is 5.20. The first-order valence-electron chi connectivity index (χ1n) is 6.97. The predicted octanol–water partition coefficient (Wildman–Crippen LogP) is 3.48. The van der Waals surface area contributed by atoms with E-state index in [-0.39, 0.29) is 0 Å². The standard InChI is InChI=1S/C15H28N2/c1-5-7-8-14(6-2)13-17-11-9-15(10-12-17)16(3)4/h9-11,14H,5-8,12-13H2,1-4H3. The Labute approximate surface area is 107 Å². The van der Waals surface area contributed by atoms with Crippen LogP contribution in [0.15, 0.2) is 24.0 Å². The van der Waals surface area contributed by atoms with Crippen molar-refractivity contribution < 1.29 is 0 Å². The molecule has 17 heavy (non-hydrogen) atoms. The minimum atomic E-state index is 0.855. The van der Waals surface area contributed by atoms with E-state index < -0.39 is 0 Å². The monoisotopic (exact) mass is 236 g/mol. The summed E-state index contributed by atoms with van der Waals surface area (Å²) in [6, 6.07) is 0. The first kappa shape index (κ1) is 14.1. The fourth-order valence-electron chi connectivity index (χ4n) is 2.24. The third kappa shape index (κ3) is 4.84. The Hall–Kier alpha value is -0.920. The van der Waals surface area contributed by atoms with Crippen molar-refractivity contribution in [3.05, 3.63) is 24.0 Å². The third-order valence-electron chi connectivity index (χ3n) is 3.54. The highest BCUT2D eigenvalue weighted by Crippen LogP contribution is 2.17. The summed E-state index contributed by atoms with van der Waals surface area (Å²) in [6.45, 7) is 6.87. The first-order chi connectivity index (χ1) is 8.17. The molecular formula is C15H28N2. The highest BCUT2D eigenvalue weighted by atomic mass is 15.1. The molecule has 1 aliphatic rings. The Kier molecular flexibility index (Phi) is 6.17. The molecular weight excluding hydrogens is 208 g/mol. The van der Waals surface area contributed by atoms with Crippen LogP contribution in [-0.2, 0) is 0 Å². The SMILES string of the molecule is CCCCC(CC)CN1C=CC(N(C)C)=CC1. The summed E-state index contributed by atoms with van der Waals surface area (Å²) in [5.74, 6) is 0.855. The van der Waals surface area contributed by atoms with Gasteiger partial charge in [0.2, 0.25) is 0 Å². The molecule has 0 saturated heterocycles. The van der Waals surface area contributed by atoms with Gasteiger partial charge in [0, 0.05) is 39.1 Å². The van der Waals surface area contributed by atoms with Crippen molar-refractivity contribution in [3.63, 3.8) is 0 Å². The first-order valence-corrected chi connectivity index (χ1v) is 6.97. The van der Waals surface area contributed by atoms with Crippen molar-refractivity contribution in [1.82, 2.24) is 9.80 Å². The van der Waals surface area contributed by atoms with Crippen molar-refractivity contribution in [3.8, 4) is 0 Å². The summed E-state index contributed by atoms with van der Waals surface area (Å²) in [4.78, 5) is 4.61. The largest absolute Gasteiger partial charge is 0.378 e. The summed E-state index contributed by atoms with van der Waals surface area (Å²) in [5.41, 5.74) is 1.32. The zero-order valence-electron chi connectivity index (χ0n) is 11.9. The fourth-order valence-corrected chi connectivity index (χ4v) is 2.24. The second-order valence-corrected chi connectivity index (χ2v) is 5.21. The average Bonchev–Trinajstić information content (AvgIpc) is 2.35. The molecule has 1 atom stereocenters. The van der Waals surface area contributed by atoms with Crippen LogP contribution in [0.2, 0.25) is 0 Å². The highest BCUT2D eigenvalue weighted by Gasteiger charge is 2.11. The van der Waals surface area contributed by atoms with Gasteiger partial charge in [-0.25, -0.2) is 0 Å². The zero-order valence-corrected chi connectivity index (χ0v) is 11.9. The summed E-state index contributed by atoms with van der Waals surface area (Å²) < 4.78 is 0. The summed E-state index contributed by atoms with van der Waals surface area (Å²) in [7, 11) is 4.20. The van der Waals surface area contributed by atoms with Crippen LogP contribution in [0, 0.1) is 5.92 Å². The van der Waals surface area contributed by atoms with Gasteiger partial charge in [-0.1, -0.05) is 33.1 Å². The Morgan fingerprint density at radius 1 is 1.35 bits per heavy atom. The second-order valence-electron chi connectivity index (χ2n) is 5.21. The summed E-state index contributed by atoms with van der Waals surface area (Å²) >= 11 is 0. The smallest absolute Gasteiger partial charge is 0.0377 e. The quantitative estimate of drug-likeness (QED) is 0.668. The van der Waals surface area contributed by atoms with Gasteiger partial charge >= 0.3 is 0 Å². The number of likely N-dealkylation sites (N-methyl/N-ethyl adjacent to an activating group) is 1. The number of nitrogens with zero attached hydrogens (tertiary/aromatic N) is 2. The molecule has 0 fully saturated rings. The molecule has 0 amide bonds. The molecule has 1 aliphatic heterocycles. The molecule has 2 heteroatoms. The summed E-state index contributed by atoms with van der Waals surface area (Å²) in [5, 5.41) is 0. The fraction of sp³-hybridized carbons (Fsp3) is 0.733. The second kappa shape index (κ2) is 7.41. The number of hydrogen-bond acceptors (Lipinski definition) is 2. The van der Waals surface area contributed by atoms with E-state index in [0.29, 0.717) is 0 Å². The minimum Gasteiger partial charge on any atom is -0.378 e. The van der Waals surface area contributed by atoms with E-state index in [9.17, 15) is 0 Å². The molecule has 0 aromatic carbocycles. The van der Waals surface area contributed by atoms with Gasteiger partial charge in [0.25, 0.3) is 0 Å². The van der Waals surface area contributed by atoms with Crippen LogP contribution in [0.3, 0.4) is 0 Å². The normalized spacial score (nSPS) is 16.9. The van der Waals surface area contributed by atoms with Crippen molar-refractivity contribution in [2.45, 2.75) is 39.5 Å². The maximum Gasteiger partial charge on any atom is 0.0377 e. The molecule has 0 aliphatic carbocycles. The molecule has 1 rings (SSSR count). The molecule has 0 bridgehead atoms. The molecule has 0 spiro atoms. The lowest BCUT2D eigenvalue weighted by Gasteiger charge is -2.28. The van der Waals surface area contributed by atoms with Gasteiger partial charge in [-0.3, -0.25) is 0 Å². The lowest BCUT2D eigenvalue weighted by molar-refractivity contribution is 0.300. The maximum absolute atomic E-state index is 2.44. The van der Waals surface area contributed by atoms with Crippen molar-refractivity contribution in [1.29, 1.82) is 0 Å². The topological polar surface area (TPSA) is 6.48 Å². The molecule has 1 unspecified atom stereocenters. The van der Waals surface area contributed by atoms with Crippen LogP contribution in [-0.4, -0.2) is 37.0 Å². The molecule has 2 nitrogen and oxygen atoms in total. The van der Waals surface area contributed by atoms with Gasteiger partial charge in [-0.15, -0.1) is 0 Å². The molecule has 98 valence electrons. The summed E-state index contributed by atoms with van der Waals surface area (Å²) in [6.07, 6.45) is 12.1. The third-order valence-corrected chi connectivity index (χ3v) is 3.54. The Balaban J connectivity index is 2.37. The average molecular weight is 236 g/mol. The van der Waals surface area contributed by atoms with Gasteiger partial charge in [0.15, 0.2) is 0 Å². The molecule has 1 heterocycles. The van der Waals surface area contributed by atoms with E-state index in [1.54, 1.807) is 0 Å². The van der Waals surface area contributed by atoms with Gasteiger partial charge in [0.1, 0.15) is 0 Å². The van der Waals surface area contributed by atoms with Crippen LogP contribution < -0.4 is 0 Å². The van der Waals surface area contributed by atoms with Crippen LogP contribution >= 0.6 is 0 Å². The molecule has 0 aromatic rings. The van der Waals surface area contributed by atoms with Crippen LogP contribution in [0.1, 0.15) is 39.5 Å². The molecule has 0 radical (unpaired) electrons. The number of rotatable bonds is 7. The van der Waals surface area contributed by atoms with Crippen molar-refractivity contribution in [2.75, 3.05) is 27.2 Å². The number of unbranched alkanes of at least 4 members (excludes halogenated alkanes) is 1.